The standard InChI is InChI=1S/C25H23N5O4/c1-3-6-20-22(24(34)30(28-20)25-26-18-7-4-5-8-19(18)27-25)17-13-21(32)29(23(17)33)16-11-9-15(10-12-16)14(2)31/h4-5,7-12,17,28H,3,6,13H2,1-2H3,(H,26,27)/t17-/m0/s1. The molecule has 2 aromatic carbocycles. The summed E-state index contributed by atoms with van der Waals surface area (Å²) in [7, 11) is 0. The number of imide groups is 1. The second-order valence-corrected chi connectivity index (χ2v) is 8.40. The number of hydrogen-bond donors (Lipinski definition) is 2. The molecule has 4 aromatic rings. The van der Waals surface area contributed by atoms with E-state index in [0.29, 0.717) is 40.4 Å². The van der Waals surface area contributed by atoms with E-state index < -0.39 is 17.4 Å². The van der Waals surface area contributed by atoms with Gasteiger partial charge in [-0.3, -0.25) is 29.2 Å². The minimum absolute atomic E-state index is 0.1000. The third-order valence-electron chi connectivity index (χ3n) is 6.12. The number of rotatable bonds is 6. The molecule has 0 aliphatic carbocycles. The van der Waals surface area contributed by atoms with Crippen molar-refractivity contribution in [1.82, 2.24) is 19.7 Å². The predicted octanol–water partition coefficient (Wildman–Crippen LogP) is 3.24. The minimum atomic E-state index is -0.893. The van der Waals surface area contributed by atoms with Crippen molar-refractivity contribution in [3.05, 3.63) is 75.7 Å². The lowest BCUT2D eigenvalue weighted by atomic mass is 9.96. The van der Waals surface area contributed by atoms with E-state index in [1.807, 2.05) is 31.2 Å². The number of anilines is 1. The molecule has 0 unspecified atom stereocenters. The van der Waals surface area contributed by atoms with Gasteiger partial charge in [-0.25, -0.2) is 4.98 Å². The number of amides is 2. The summed E-state index contributed by atoms with van der Waals surface area (Å²) in [6, 6.07) is 13.7. The van der Waals surface area contributed by atoms with Gasteiger partial charge in [0, 0.05) is 17.7 Å². The van der Waals surface area contributed by atoms with Crippen molar-refractivity contribution in [3.8, 4) is 5.95 Å². The van der Waals surface area contributed by atoms with Crippen LogP contribution in [0.1, 0.15) is 54.2 Å². The summed E-state index contributed by atoms with van der Waals surface area (Å²) in [5, 5.41) is 3.11. The minimum Gasteiger partial charge on any atom is -0.322 e. The first-order chi connectivity index (χ1) is 16.4. The Hall–Kier alpha value is -4.27. The number of nitrogens with zero attached hydrogens (tertiary/aromatic N) is 3. The smallest absolute Gasteiger partial charge is 0.278 e. The summed E-state index contributed by atoms with van der Waals surface area (Å²) in [5.41, 5.74) is 2.88. The van der Waals surface area contributed by atoms with Crippen LogP contribution in [0.15, 0.2) is 53.3 Å². The number of hydrogen-bond acceptors (Lipinski definition) is 5. The number of aromatic nitrogens is 4. The van der Waals surface area contributed by atoms with Crippen molar-refractivity contribution in [2.24, 2.45) is 0 Å². The first-order valence-corrected chi connectivity index (χ1v) is 11.2. The summed E-state index contributed by atoms with van der Waals surface area (Å²) in [5.74, 6) is -1.51. The van der Waals surface area contributed by atoms with Crippen LogP contribution < -0.4 is 10.5 Å². The van der Waals surface area contributed by atoms with Gasteiger partial charge in [0.05, 0.1) is 28.2 Å². The molecule has 9 nitrogen and oxygen atoms in total. The lowest BCUT2D eigenvalue weighted by Crippen LogP contribution is -2.31. The van der Waals surface area contributed by atoms with Gasteiger partial charge in [0.15, 0.2) is 5.78 Å². The molecule has 0 radical (unpaired) electrons. The first-order valence-electron chi connectivity index (χ1n) is 11.2. The molecule has 2 amide bonds. The summed E-state index contributed by atoms with van der Waals surface area (Å²) in [6.45, 7) is 3.43. The highest BCUT2D eigenvalue weighted by molar-refractivity contribution is 6.22. The lowest BCUT2D eigenvalue weighted by molar-refractivity contribution is -0.121. The van der Waals surface area contributed by atoms with E-state index in [-0.39, 0.29) is 18.1 Å². The molecule has 2 aromatic heterocycles. The van der Waals surface area contributed by atoms with E-state index in [0.717, 1.165) is 16.8 Å². The summed E-state index contributed by atoms with van der Waals surface area (Å²) >= 11 is 0. The molecule has 9 heteroatoms. The van der Waals surface area contributed by atoms with E-state index in [1.165, 1.54) is 11.6 Å². The van der Waals surface area contributed by atoms with E-state index in [9.17, 15) is 19.2 Å². The normalized spacial score (nSPS) is 16.1. The van der Waals surface area contributed by atoms with Crippen molar-refractivity contribution in [1.29, 1.82) is 0 Å². The number of aryl methyl sites for hydroxylation is 1. The van der Waals surface area contributed by atoms with Crippen molar-refractivity contribution in [2.45, 2.75) is 39.0 Å². The molecule has 34 heavy (non-hydrogen) atoms. The highest BCUT2D eigenvalue weighted by atomic mass is 16.2. The van der Waals surface area contributed by atoms with Gasteiger partial charge in [-0.1, -0.05) is 25.5 Å². The number of benzene rings is 2. The molecule has 3 heterocycles. The average molecular weight is 457 g/mol. The molecule has 1 saturated heterocycles. The van der Waals surface area contributed by atoms with Crippen molar-refractivity contribution >= 4 is 34.3 Å². The largest absolute Gasteiger partial charge is 0.322 e. The maximum absolute atomic E-state index is 13.5. The van der Waals surface area contributed by atoms with Gasteiger partial charge < -0.3 is 4.98 Å². The topological polar surface area (TPSA) is 121 Å². The van der Waals surface area contributed by atoms with E-state index in [4.69, 9.17) is 0 Å². The van der Waals surface area contributed by atoms with E-state index >= 15 is 0 Å². The van der Waals surface area contributed by atoms with Crippen molar-refractivity contribution < 1.29 is 14.4 Å². The van der Waals surface area contributed by atoms with Gasteiger partial charge in [-0.15, -0.1) is 0 Å². The molecule has 1 aliphatic rings. The van der Waals surface area contributed by atoms with Gasteiger partial charge in [-0.05, 0) is 49.7 Å². The maximum Gasteiger partial charge on any atom is 0.278 e. The van der Waals surface area contributed by atoms with Gasteiger partial charge in [0.25, 0.3) is 5.56 Å². The third-order valence-corrected chi connectivity index (χ3v) is 6.12. The van der Waals surface area contributed by atoms with Crippen molar-refractivity contribution in [2.75, 3.05) is 4.90 Å². The van der Waals surface area contributed by atoms with Gasteiger partial charge >= 0.3 is 0 Å². The van der Waals surface area contributed by atoms with Crippen LogP contribution in [-0.4, -0.2) is 37.3 Å². The second-order valence-electron chi connectivity index (χ2n) is 8.40. The Morgan fingerprint density at radius 3 is 2.50 bits per heavy atom. The first kappa shape index (κ1) is 21.6. The van der Waals surface area contributed by atoms with Crippen LogP contribution in [0, 0.1) is 0 Å². The highest BCUT2D eigenvalue weighted by Gasteiger charge is 2.43. The van der Waals surface area contributed by atoms with Crippen LogP contribution in [0.25, 0.3) is 17.0 Å². The highest BCUT2D eigenvalue weighted by Crippen LogP contribution is 2.34. The number of aromatic amines is 2. The molecule has 1 atom stereocenters. The molecule has 0 bridgehead atoms. The molecular formula is C25H23N5O4. The van der Waals surface area contributed by atoms with E-state index in [2.05, 4.69) is 15.1 Å². The fourth-order valence-corrected chi connectivity index (χ4v) is 4.46. The van der Waals surface area contributed by atoms with Crippen molar-refractivity contribution in [3.63, 3.8) is 0 Å². The molecule has 2 N–H and O–H groups in total. The number of nitrogens with one attached hydrogen (secondary N) is 2. The Bertz CT molecular complexity index is 1460. The van der Waals surface area contributed by atoms with E-state index in [1.54, 1.807) is 24.3 Å². The van der Waals surface area contributed by atoms with Gasteiger partial charge in [0.1, 0.15) is 0 Å². The Morgan fingerprint density at radius 2 is 1.82 bits per heavy atom. The van der Waals surface area contributed by atoms with Crippen LogP contribution in [0.5, 0.6) is 0 Å². The quantitative estimate of drug-likeness (QED) is 0.340. The fourth-order valence-electron chi connectivity index (χ4n) is 4.46. The zero-order chi connectivity index (χ0) is 24.0. The number of para-hydroxylation sites is 2. The molecule has 0 spiro atoms. The number of fused-ring (bicyclic) bond motifs is 1. The zero-order valence-corrected chi connectivity index (χ0v) is 18.8. The van der Waals surface area contributed by atoms with Crippen LogP contribution in [0.4, 0.5) is 5.69 Å². The summed E-state index contributed by atoms with van der Waals surface area (Å²) in [4.78, 5) is 60.0. The Balaban J connectivity index is 1.55. The number of imidazole rings is 1. The summed E-state index contributed by atoms with van der Waals surface area (Å²) < 4.78 is 1.31. The van der Waals surface area contributed by atoms with Crippen LogP contribution in [0.2, 0.25) is 0 Å². The lowest BCUT2D eigenvalue weighted by Gasteiger charge is -2.15. The SMILES string of the molecule is CCCc1[nH]n(-c2nc3ccccc3[nH]2)c(=O)c1[C@@H]1CC(=O)N(c2ccc(C(C)=O)cc2)C1=O. The zero-order valence-electron chi connectivity index (χ0n) is 18.8. The number of carbonyl (C=O) groups excluding carboxylic acids is 3. The molecule has 1 aliphatic heterocycles. The number of Topliss-reactive ketones (excluding diaryl/α,β-unsaturated/α-hetero) is 1. The molecule has 172 valence electrons. The molecule has 5 rings (SSSR count). The Morgan fingerprint density at radius 1 is 1.09 bits per heavy atom. The average Bonchev–Trinajstić information content (AvgIpc) is 3.47. The third kappa shape index (κ3) is 3.45. The predicted molar refractivity (Wildman–Crippen MR) is 126 cm³/mol. The number of carbonyl (C=O) groups is 3. The fraction of sp³-hybridized carbons (Fsp3) is 0.240. The van der Waals surface area contributed by atoms with Crippen LogP contribution in [-0.2, 0) is 16.0 Å². The Kier molecular flexibility index (Phi) is 5.24. The summed E-state index contributed by atoms with van der Waals surface area (Å²) in [6.07, 6.45) is 1.19. The maximum atomic E-state index is 13.5. The number of ketones is 1. The van der Waals surface area contributed by atoms with Crippen LogP contribution in [0.3, 0.4) is 0 Å². The van der Waals surface area contributed by atoms with Crippen LogP contribution >= 0.6 is 0 Å². The molecule has 0 saturated carbocycles. The second kappa shape index (κ2) is 8.26. The van der Waals surface area contributed by atoms with Gasteiger partial charge in [-0.2, -0.15) is 4.68 Å². The van der Waals surface area contributed by atoms with Gasteiger partial charge in [0.2, 0.25) is 17.8 Å². The molecule has 1 fully saturated rings. The monoisotopic (exact) mass is 457 g/mol. The number of H-pyrrole nitrogens is 2. The Labute approximate surface area is 194 Å². The molecular weight excluding hydrogens is 434 g/mol.